The van der Waals surface area contributed by atoms with Gasteiger partial charge in [-0.2, -0.15) is 0 Å². The van der Waals surface area contributed by atoms with Crippen molar-refractivity contribution in [2.75, 3.05) is 20.1 Å². The van der Waals surface area contributed by atoms with Crippen LogP contribution in [0.4, 0.5) is 4.39 Å². The van der Waals surface area contributed by atoms with Crippen LogP contribution >= 0.6 is 0 Å². The number of nitrogens with zero attached hydrogens (tertiary/aromatic N) is 1. The molecule has 0 bridgehead atoms. The Morgan fingerprint density at radius 1 is 1.35 bits per heavy atom. The third kappa shape index (κ3) is 5.09. The van der Waals surface area contributed by atoms with Crippen LogP contribution in [0.1, 0.15) is 19.4 Å². The monoisotopic (exact) mass is 237 g/mol. The van der Waals surface area contributed by atoms with Gasteiger partial charge in [0.1, 0.15) is 5.82 Å². The molecule has 0 aromatic heterocycles. The van der Waals surface area contributed by atoms with Crippen molar-refractivity contribution in [2.45, 2.75) is 20.3 Å². The predicted molar refractivity (Wildman–Crippen MR) is 67.4 cm³/mol. The largest absolute Gasteiger partial charge is 0.299 e. The first kappa shape index (κ1) is 13.8. The standard InChI is InChI=1S/C14H20FNO/c1-11(2)9-16(3)10-13(17)8-12-6-4-5-7-14(12)15/h4-7,11H,8-10H2,1-3H3. The molecule has 1 aromatic carbocycles. The van der Waals surface area contributed by atoms with Crippen molar-refractivity contribution in [3.8, 4) is 0 Å². The molecular weight excluding hydrogens is 217 g/mol. The predicted octanol–water partition coefficient (Wildman–Crippen LogP) is 2.53. The van der Waals surface area contributed by atoms with Crippen LogP contribution in [0.25, 0.3) is 0 Å². The minimum Gasteiger partial charge on any atom is -0.299 e. The maximum Gasteiger partial charge on any atom is 0.151 e. The summed E-state index contributed by atoms with van der Waals surface area (Å²) in [4.78, 5) is 13.7. The molecule has 0 spiro atoms. The Morgan fingerprint density at radius 2 is 2.00 bits per heavy atom. The summed E-state index contributed by atoms with van der Waals surface area (Å²) in [5.74, 6) is 0.284. The Bertz CT molecular complexity index is 376. The summed E-state index contributed by atoms with van der Waals surface area (Å²) in [6.45, 7) is 5.48. The van der Waals surface area contributed by atoms with E-state index in [1.165, 1.54) is 6.07 Å². The van der Waals surface area contributed by atoms with Gasteiger partial charge in [-0.1, -0.05) is 32.0 Å². The SMILES string of the molecule is CC(C)CN(C)CC(=O)Cc1ccccc1F. The van der Waals surface area contributed by atoms with Crippen molar-refractivity contribution < 1.29 is 9.18 Å². The Balaban J connectivity index is 2.47. The molecule has 0 heterocycles. The molecule has 1 aromatic rings. The number of likely N-dealkylation sites (N-methyl/N-ethyl adjacent to an activating group) is 1. The summed E-state index contributed by atoms with van der Waals surface area (Å²) in [6, 6.07) is 6.44. The van der Waals surface area contributed by atoms with E-state index < -0.39 is 0 Å². The van der Waals surface area contributed by atoms with Crippen molar-refractivity contribution in [1.82, 2.24) is 4.90 Å². The van der Waals surface area contributed by atoms with Crippen LogP contribution in [0.15, 0.2) is 24.3 Å². The van der Waals surface area contributed by atoms with Crippen LogP contribution in [-0.2, 0) is 11.2 Å². The van der Waals surface area contributed by atoms with E-state index in [0.717, 1.165) is 6.54 Å². The Hall–Kier alpha value is -1.22. The van der Waals surface area contributed by atoms with Gasteiger partial charge in [0.2, 0.25) is 0 Å². The molecular formula is C14H20FNO. The summed E-state index contributed by atoms with van der Waals surface area (Å²) in [5.41, 5.74) is 0.482. The van der Waals surface area contributed by atoms with Gasteiger partial charge in [0, 0.05) is 13.0 Å². The maximum absolute atomic E-state index is 13.3. The molecule has 0 saturated carbocycles. The second-order valence-corrected chi connectivity index (χ2v) is 4.90. The van der Waals surface area contributed by atoms with Crippen LogP contribution in [0, 0.1) is 11.7 Å². The van der Waals surface area contributed by atoms with E-state index in [-0.39, 0.29) is 18.0 Å². The average Bonchev–Trinajstić information content (AvgIpc) is 2.19. The molecule has 0 fully saturated rings. The number of ketones is 1. The van der Waals surface area contributed by atoms with Gasteiger partial charge in [0.15, 0.2) is 5.78 Å². The molecule has 0 aliphatic carbocycles. The van der Waals surface area contributed by atoms with Gasteiger partial charge in [0.05, 0.1) is 6.54 Å². The van der Waals surface area contributed by atoms with Crippen LogP contribution in [0.2, 0.25) is 0 Å². The molecule has 2 nitrogen and oxygen atoms in total. The van der Waals surface area contributed by atoms with E-state index >= 15 is 0 Å². The minimum absolute atomic E-state index is 0.0539. The van der Waals surface area contributed by atoms with E-state index in [2.05, 4.69) is 13.8 Å². The second-order valence-electron chi connectivity index (χ2n) is 4.90. The van der Waals surface area contributed by atoms with Gasteiger partial charge in [-0.25, -0.2) is 4.39 Å². The molecule has 0 aliphatic heterocycles. The summed E-state index contributed by atoms with van der Waals surface area (Å²) in [7, 11) is 1.92. The molecule has 0 amide bonds. The van der Waals surface area contributed by atoms with E-state index in [1.54, 1.807) is 18.2 Å². The normalized spacial score (nSPS) is 11.2. The van der Waals surface area contributed by atoms with Crippen molar-refractivity contribution in [1.29, 1.82) is 0 Å². The Kier molecular flexibility index (Phi) is 5.29. The number of hydrogen-bond acceptors (Lipinski definition) is 2. The first-order valence-corrected chi connectivity index (χ1v) is 5.92. The highest BCUT2D eigenvalue weighted by Gasteiger charge is 2.11. The molecule has 94 valence electrons. The lowest BCUT2D eigenvalue weighted by Crippen LogP contribution is -2.30. The molecule has 1 rings (SSSR count). The average molecular weight is 237 g/mol. The van der Waals surface area contributed by atoms with Gasteiger partial charge >= 0.3 is 0 Å². The lowest BCUT2D eigenvalue weighted by molar-refractivity contribution is -0.119. The third-order valence-corrected chi connectivity index (χ3v) is 2.47. The van der Waals surface area contributed by atoms with Crippen molar-refractivity contribution in [2.24, 2.45) is 5.92 Å². The summed E-state index contributed by atoms with van der Waals surface area (Å²) in [6.07, 6.45) is 0.176. The number of carbonyl (C=O) groups is 1. The van der Waals surface area contributed by atoms with E-state index in [1.807, 2.05) is 11.9 Å². The summed E-state index contributed by atoms with van der Waals surface area (Å²) in [5, 5.41) is 0. The van der Waals surface area contributed by atoms with Crippen LogP contribution in [-0.4, -0.2) is 30.8 Å². The zero-order valence-corrected chi connectivity index (χ0v) is 10.7. The molecule has 0 N–H and O–H groups in total. The van der Waals surface area contributed by atoms with Gasteiger partial charge in [0.25, 0.3) is 0 Å². The van der Waals surface area contributed by atoms with Crippen LogP contribution in [0.5, 0.6) is 0 Å². The number of Topliss-reactive ketones (excluding diaryl/α,β-unsaturated/α-hetero) is 1. The van der Waals surface area contributed by atoms with Gasteiger partial charge in [-0.3, -0.25) is 9.69 Å². The molecule has 0 aliphatic rings. The van der Waals surface area contributed by atoms with Gasteiger partial charge < -0.3 is 0 Å². The molecule has 17 heavy (non-hydrogen) atoms. The summed E-state index contributed by atoms with van der Waals surface area (Å²) >= 11 is 0. The van der Waals surface area contributed by atoms with Crippen LogP contribution in [0.3, 0.4) is 0 Å². The number of hydrogen-bond donors (Lipinski definition) is 0. The van der Waals surface area contributed by atoms with Crippen molar-refractivity contribution in [3.05, 3.63) is 35.6 Å². The second kappa shape index (κ2) is 6.50. The maximum atomic E-state index is 13.3. The molecule has 0 unspecified atom stereocenters. The lowest BCUT2D eigenvalue weighted by Gasteiger charge is -2.17. The summed E-state index contributed by atoms with van der Waals surface area (Å²) < 4.78 is 13.3. The first-order chi connectivity index (χ1) is 7.99. The number of benzene rings is 1. The highest BCUT2D eigenvalue weighted by atomic mass is 19.1. The van der Waals surface area contributed by atoms with Gasteiger partial charge in [-0.15, -0.1) is 0 Å². The van der Waals surface area contributed by atoms with E-state index in [4.69, 9.17) is 0 Å². The highest BCUT2D eigenvalue weighted by Crippen LogP contribution is 2.08. The minimum atomic E-state index is -0.299. The Morgan fingerprint density at radius 3 is 2.59 bits per heavy atom. The van der Waals surface area contributed by atoms with Crippen molar-refractivity contribution >= 4 is 5.78 Å². The smallest absolute Gasteiger partial charge is 0.151 e. The lowest BCUT2D eigenvalue weighted by atomic mass is 10.1. The fraction of sp³-hybridized carbons (Fsp3) is 0.500. The van der Waals surface area contributed by atoms with Gasteiger partial charge in [-0.05, 0) is 24.6 Å². The third-order valence-electron chi connectivity index (χ3n) is 2.47. The molecule has 0 saturated heterocycles. The number of carbonyl (C=O) groups excluding carboxylic acids is 1. The first-order valence-electron chi connectivity index (χ1n) is 5.92. The quantitative estimate of drug-likeness (QED) is 0.757. The van der Waals surface area contributed by atoms with E-state index in [0.29, 0.717) is 18.0 Å². The molecule has 0 atom stereocenters. The number of halogens is 1. The topological polar surface area (TPSA) is 20.3 Å². The molecule has 3 heteroatoms. The zero-order valence-electron chi connectivity index (χ0n) is 10.7. The Labute approximate surface area is 102 Å². The fourth-order valence-corrected chi connectivity index (χ4v) is 1.90. The van der Waals surface area contributed by atoms with E-state index in [9.17, 15) is 9.18 Å². The zero-order chi connectivity index (χ0) is 12.8. The highest BCUT2D eigenvalue weighted by molar-refractivity contribution is 5.82. The van der Waals surface area contributed by atoms with Crippen LogP contribution < -0.4 is 0 Å². The molecule has 0 radical (unpaired) electrons. The number of rotatable bonds is 6. The van der Waals surface area contributed by atoms with Crippen molar-refractivity contribution in [3.63, 3.8) is 0 Å². The fourth-order valence-electron chi connectivity index (χ4n) is 1.90.